The molecule has 3 aromatic rings. The van der Waals surface area contributed by atoms with Crippen LogP contribution < -0.4 is 20.2 Å². The lowest BCUT2D eigenvalue weighted by atomic mass is 10.2. The van der Waals surface area contributed by atoms with Gasteiger partial charge in [0.1, 0.15) is 22.8 Å². The first kappa shape index (κ1) is 18.5. The fraction of sp³-hybridized carbons (Fsp3) is 0.190. The third kappa shape index (κ3) is 3.77. The molecule has 0 aliphatic carbocycles. The highest BCUT2D eigenvalue weighted by Crippen LogP contribution is 2.27. The van der Waals surface area contributed by atoms with E-state index in [1.165, 1.54) is 6.07 Å². The van der Waals surface area contributed by atoms with E-state index in [0.29, 0.717) is 41.3 Å². The van der Waals surface area contributed by atoms with Crippen LogP contribution in [0.3, 0.4) is 0 Å². The lowest BCUT2D eigenvalue weighted by Crippen LogP contribution is -2.37. The maximum Gasteiger partial charge on any atom is 0.324 e. The molecule has 0 bridgehead atoms. The Hall–Kier alpha value is -3.81. The number of ether oxygens (including phenoxy) is 2. The Balaban J connectivity index is 1.55. The number of carbonyl (C=O) groups excluding carboxylic acids is 2. The average molecular weight is 394 g/mol. The number of aryl methyl sites for hydroxylation is 1. The number of rotatable bonds is 5. The molecule has 0 radical (unpaired) electrons. The van der Waals surface area contributed by atoms with Crippen LogP contribution in [0.1, 0.15) is 5.76 Å². The largest absolute Gasteiger partial charge is 0.484 e. The van der Waals surface area contributed by atoms with Crippen molar-refractivity contribution in [2.45, 2.75) is 6.92 Å². The number of imide groups is 1. The molecule has 0 unspecified atom stereocenters. The van der Waals surface area contributed by atoms with E-state index in [1.807, 2.05) is 18.2 Å². The van der Waals surface area contributed by atoms with Gasteiger partial charge in [0.15, 0.2) is 6.61 Å². The first-order chi connectivity index (χ1) is 14.0. The van der Waals surface area contributed by atoms with Crippen LogP contribution in [0, 0.1) is 6.92 Å². The molecule has 1 aliphatic heterocycles. The Bertz CT molecular complexity index is 1140. The minimum absolute atomic E-state index is 0.118. The van der Waals surface area contributed by atoms with Crippen LogP contribution in [0.5, 0.6) is 17.2 Å². The zero-order valence-corrected chi connectivity index (χ0v) is 15.6. The van der Waals surface area contributed by atoms with Crippen molar-refractivity contribution in [3.05, 3.63) is 64.5 Å². The van der Waals surface area contributed by atoms with Crippen molar-refractivity contribution < 1.29 is 23.5 Å². The SMILES string of the molecule is Cc1oc2cc(OCC(=O)N3CCNC3=O)ccc2c(=O)c1Oc1ccccc1. The zero-order valence-electron chi connectivity index (χ0n) is 15.6. The number of carbonyl (C=O) groups is 2. The number of fused-ring (bicyclic) bond motifs is 1. The van der Waals surface area contributed by atoms with Gasteiger partial charge < -0.3 is 19.2 Å². The van der Waals surface area contributed by atoms with Crippen molar-refractivity contribution in [1.29, 1.82) is 0 Å². The van der Waals surface area contributed by atoms with Crippen molar-refractivity contribution in [3.8, 4) is 17.2 Å². The molecule has 1 fully saturated rings. The molecule has 0 atom stereocenters. The van der Waals surface area contributed by atoms with Crippen LogP contribution in [-0.4, -0.2) is 36.5 Å². The predicted octanol–water partition coefficient (Wildman–Crippen LogP) is 2.82. The molecule has 148 valence electrons. The van der Waals surface area contributed by atoms with E-state index in [9.17, 15) is 14.4 Å². The number of nitrogens with one attached hydrogen (secondary N) is 1. The summed E-state index contributed by atoms with van der Waals surface area (Å²) in [6.45, 7) is 2.09. The monoisotopic (exact) mass is 394 g/mol. The second-order valence-electron chi connectivity index (χ2n) is 6.46. The minimum atomic E-state index is -0.440. The van der Waals surface area contributed by atoms with Gasteiger partial charge in [-0.25, -0.2) is 4.79 Å². The van der Waals surface area contributed by atoms with Gasteiger partial charge in [0.05, 0.1) is 5.39 Å². The summed E-state index contributed by atoms with van der Waals surface area (Å²) >= 11 is 0. The summed E-state index contributed by atoms with van der Waals surface area (Å²) in [5.41, 5.74) is 0.0146. The van der Waals surface area contributed by atoms with Gasteiger partial charge >= 0.3 is 6.03 Å². The first-order valence-corrected chi connectivity index (χ1v) is 9.04. The van der Waals surface area contributed by atoms with Gasteiger partial charge in [0.2, 0.25) is 11.2 Å². The molecule has 0 spiro atoms. The predicted molar refractivity (Wildman–Crippen MR) is 104 cm³/mol. The van der Waals surface area contributed by atoms with Gasteiger partial charge in [-0.05, 0) is 31.2 Å². The van der Waals surface area contributed by atoms with Crippen molar-refractivity contribution in [1.82, 2.24) is 10.2 Å². The first-order valence-electron chi connectivity index (χ1n) is 9.04. The number of hydrogen-bond donors (Lipinski definition) is 1. The van der Waals surface area contributed by atoms with Crippen molar-refractivity contribution in [2.24, 2.45) is 0 Å². The van der Waals surface area contributed by atoms with Crippen molar-refractivity contribution >= 4 is 22.9 Å². The molecule has 3 amide bonds. The smallest absolute Gasteiger partial charge is 0.324 e. The normalized spacial score (nSPS) is 13.4. The second-order valence-corrected chi connectivity index (χ2v) is 6.46. The molecule has 4 rings (SSSR count). The van der Waals surface area contributed by atoms with Gasteiger partial charge in [-0.3, -0.25) is 14.5 Å². The number of nitrogens with zero attached hydrogens (tertiary/aromatic N) is 1. The Morgan fingerprint density at radius 1 is 1.14 bits per heavy atom. The van der Waals surface area contributed by atoms with Crippen LogP contribution in [0.25, 0.3) is 11.0 Å². The fourth-order valence-electron chi connectivity index (χ4n) is 3.02. The van der Waals surface area contributed by atoms with Crippen molar-refractivity contribution in [2.75, 3.05) is 19.7 Å². The van der Waals surface area contributed by atoms with E-state index in [2.05, 4.69) is 5.32 Å². The summed E-state index contributed by atoms with van der Waals surface area (Å²) in [5, 5.41) is 2.89. The maximum atomic E-state index is 12.8. The standard InChI is InChI=1S/C21H18N2O6/c1-13-20(29-14-5-3-2-4-6-14)19(25)16-8-7-15(11-17(16)28-13)27-12-18(24)23-10-9-22-21(23)26/h2-8,11H,9-10,12H2,1H3,(H,22,26). The summed E-state index contributed by atoms with van der Waals surface area (Å²) in [4.78, 5) is 37.5. The van der Waals surface area contributed by atoms with Gasteiger partial charge in [-0.1, -0.05) is 18.2 Å². The minimum Gasteiger partial charge on any atom is -0.484 e. The van der Waals surface area contributed by atoms with E-state index >= 15 is 0 Å². The topological polar surface area (TPSA) is 98.1 Å². The van der Waals surface area contributed by atoms with Crippen molar-refractivity contribution in [3.63, 3.8) is 0 Å². The third-order valence-electron chi connectivity index (χ3n) is 4.47. The molecule has 1 N–H and O–H groups in total. The molecule has 2 heterocycles. The van der Waals surface area contributed by atoms with E-state index in [1.54, 1.807) is 31.2 Å². The lowest BCUT2D eigenvalue weighted by molar-refractivity contribution is -0.129. The van der Waals surface area contributed by atoms with E-state index in [-0.39, 0.29) is 17.8 Å². The quantitative estimate of drug-likeness (QED) is 0.715. The highest BCUT2D eigenvalue weighted by Gasteiger charge is 2.26. The summed E-state index contributed by atoms with van der Waals surface area (Å²) in [7, 11) is 0. The molecule has 1 aromatic heterocycles. The Morgan fingerprint density at radius 2 is 1.93 bits per heavy atom. The average Bonchev–Trinajstić information content (AvgIpc) is 3.16. The van der Waals surface area contributed by atoms with Crippen LogP contribution in [-0.2, 0) is 4.79 Å². The molecule has 0 saturated carbocycles. The van der Waals surface area contributed by atoms with Crippen LogP contribution in [0.15, 0.2) is 57.7 Å². The van der Waals surface area contributed by atoms with Gasteiger partial charge in [-0.15, -0.1) is 0 Å². The third-order valence-corrected chi connectivity index (χ3v) is 4.47. The molecule has 2 aromatic carbocycles. The molecule has 1 aliphatic rings. The van der Waals surface area contributed by atoms with Crippen LogP contribution in [0.4, 0.5) is 4.79 Å². The number of urea groups is 1. The number of hydrogen-bond acceptors (Lipinski definition) is 6. The van der Waals surface area contributed by atoms with E-state index in [0.717, 1.165) is 4.90 Å². The highest BCUT2D eigenvalue weighted by atomic mass is 16.5. The van der Waals surface area contributed by atoms with Gasteiger partial charge in [0, 0.05) is 19.2 Å². The number of benzene rings is 2. The Labute approximate surface area is 165 Å². The van der Waals surface area contributed by atoms with Crippen LogP contribution >= 0.6 is 0 Å². The summed E-state index contributed by atoms with van der Waals surface area (Å²) in [5.74, 6) is 0.890. The highest BCUT2D eigenvalue weighted by molar-refractivity contribution is 5.96. The lowest BCUT2D eigenvalue weighted by Gasteiger charge is -2.13. The van der Waals surface area contributed by atoms with E-state index < -0.39 is 11.9 Å². The number of para-hydroxylation sites is 1. The molecule has 29 heavy (non-hydrogen) atoms. The zero-order chi connectivity index (χ0) is 20.4. The Morgan fingerprint density at radius 3 is 2.66 bits per heavy atom. The Kier molecular flexibility index (Phi) is 4.90. The molecule has 8 heteroatoms. The summed E-state index contributed by atoms with van der Waals surface area (Å²) in [6.07, 6.45) is 0. The summed E-state index contributed by atoms with van der Waals surface area (Å²) in [6, 6.07) is 13.2. The van der Waals surface area contributed by atoms with Crippen LogP contribution in [0.2, 0.25) is 0 Å². The van der Waals surface area contributed by atoms with Gasteiger partial charge in [0.25, 0.3) is 5.91 Å². The second kappa shape index (κ2) is 7.67. The summed E-state index contributed by atoms with van der Waals surface area (Å²) < 4.78 is 16.9. The maximum absolute atomic E-state index is 12.8. The molecular formula is C21H18N2O6. The number of amides is 3. The fourth-order valence-corrected chi connectivity index (χ4v) is 3.02. The van der Waals surface area contributed by atoms with Gasteiger partial charge in [-0.2, -0.15) is 0 Å². The van der Waals surface area contributed by atoms with E-state index in [4.69, 9.17) is 13.9 Å². The molecule has 1 saturated heterocycles. The molecular weight excluding hydrogens is 376 g/mol. The molecule has 8 nitrogen and oxygen atoms in total.